The highest BCUT2D eigenvalue weighted by atomic mass is 35.5. The first-order valence-corrected chi connectivity index (χ1v) is 11.3. The lowest BCUT2D eigenvalue weighted by molar-refractivity contribution is -0.118. The summed E-state index contributed by atoms with van der Waals surface area (Å²) in [6.07, 6.45) is 0. The van der Waals surface area contributed by atoms with Gasteiger partial charge in [0.1, 0.15) is 11.6 Å². The van der Waals surface area contributed by atoms with Crippen molar-refractivity contribution in [3.05, 3.63) is 74.7 Å². The second-order valence-corrected chi connectivity index (χ2v) is 8.50. The van der Waals surface area contributed by atoms with E-state index in [2.05, 4.69) is 21.6 Å². The highest BCUT2D eigenvalue weighted by molar-refractivity contribution is 6.35. The molecule has 1 unspecified atom stereocenters. The van der Waals surface area contributed by atoms with E-state index in [4.69, 9.17) is 43.1 Å². The minimum atomic E-state index is -0.508. The Morgan fingerprint density at radius 1 is 1.23 bits per heavy atom. The third-order valence-corrected chi connectivity index (χ3v) is 5.67. The van der Waals surface area contributed by atoms with Gasteiger partial charge in [0.2, 0.25) is 11.8 Å². The van der Waals surface area contributed by atoms with Crippen LogP contribution < -0.4 is 25.3 Å². The summed E-state index contributed by atoms with van der Waals surface area (Å²) >= 11 is 12.0. The normalized spacial score (nSPS) is 14.5. The van der Waals surface area contributed by atoms with Gasteiger partial charge in [0.25, 0.3) is 5.91 Å². The van der Waals surface area contributed by atoms with Crippen LogP contribution in [0.2, 0.25) is 10.0 Å². The molecule has 180 valence electrons. The fraction of sp³-hybridized carbons (Fsp3) is 0.208. The number of halogens is 2. The van der Waals surface area contributed by atoms with Crippen molar-refractivity contribution in [3.8, 4) is 23.4 Å². The number of aromatic amines is 1. The van der Waals surface area contributed by atoms with Gasteiger partial charge in [0.15, 0.2) is 18.1 Å². The Morgan fingerprint density at radius 2 is 1.97 bits per heavy atom. The lowest BCUT2D eigenvalue weighted by Gasteiger charge is -2.24. The summed E-state index contributed by atoms with van der Waals surface area (Å²) < 4.78 is 17.0. The molecular weight excluding hydrogens is 493 g/mol. The molecule has 9 nitrogen and oxygen atoms in total. The van der Waals surface area contributed by atoms with Crippen LogP contribution in [0.15, 0.2) is 47.9 Å². The summed E-state index contributed by atoms with van der Waals surface area (Å²) in [6.45, 7) is 3.75. The molecule has 2 heterocycles. The van der Waals surface area contributed by atoms with Gasteiger partial charge in [-0.2, -0.15) is 5.26 Å². The second kappa shape index (κ2) is 10.2. The Bertz CT molecular complexity index is 1340. The van der Waals surface area contributed by atoms with Gasteiger partial charge in [0.05, 0.1) is 12.5 Å². The Kier molecular flexibility index (Phi) is 7.05. The molecule has 4 N–H and O–H groups in total. The molecule has 1 aliphatic heterocycles. The Morgan fingerprint density at radius 3 is 2.66 bits per heavy atom. The average Bonchev–Trinajstić information content (AvgIpc) is 3.16. The predicted molar refractivity (Wildman–Crippen MR) is 131 cm³/mol. The van der Waals surface area contributed by atoms with Crippen LogP contribution in [0.3, 0.4) is 0 Å². The van der Waals surface area contributed by atoms with Crippen molar-refractivity contribution in [1.82, 2.24) is 10.2 Å². The molecule has 1 atom stereocenters. The van der Waals surface area contributed by atoms with Gasteiger partial charge < -0.3 is 25.3 Å². The van der Waals surface area contributed by atoms with Crippen LogP contribution in [0, 0.1) is 18.3 Å². The fourth-order valence-corrected chi connectivity index (χ4v) is 4.32. The van der Waals surface area contributed by atoms with Gasteiger partial charge in [0, 0.05) is 27.0 Å². The van der Waals surface area contributed by atoms with E-state index in [0.29, 0.717) is 45.3 Å². The molecule has 0 spiro atoms. The molecule has 11 heteroatoms. The highest BCUT2D eigenvalue weighted by Gasteiger charge is 2.34. The number of allylic oxidation sites excluding steroid dienone is 1. The molecule has 4 rings (SSSR count). The van der Waals surface area contributed by atoms with E-state index < -0.39 is 11.8 Å². The van der Waals surface area contributed by atoms with Crippen LogP contribution >= 0.6 is 23.2 Å². The number of rotatable bonds is 7. The van der Waals surface area contributed by atoms with Gasteiger partial charge in [-0.1, -0.05) is 29.3 Å². The van der Waals surface area contributed by atoms with Crippen LogP contribution in [0.1, 0.15) is 29.7 Å². The molecule has 0 saturated heterocycles. The average molecular weight is 514 g/mol. The Hall–Kier alpha value is -3.87. The third-order valence-electron chi connectivity index (χ3n) is 5.24. The summed E-state index contributed by atoms with van der Waals surface area (Å²) in [7, 11) is 0. The zero-order chi connectivity index (χ0) is 25.1. The summed E-state index contributed by atoms with van der Waals surface area (Å²) in [6, 6.07) is 12.1. The van der Waals surface area contributed by atoms with Gasteiger partial charge in [-0.25, -0.2) is 0 Å². The number of H-pyrrole nitrogens is 1. The van der Waals surface area contributed by atoms with Crippen LogP contribution in [-0.2, 0) is 4.79 Å². The van der Waals surface area contributed by atoms with Crippen molar-refractivity contribution in [2.24, 2.45) is 5.73 Å². The van der Waals surface area contributed by atoms with Crippen molar-refractivity contribution in [3.63, 3.8) is 0 Å². The number of nitrogens with zero attached hydrogens (tertiary/aromatic N) is 2. The molecule has 0 radical (unpaired) electrons. The first-order chi connectivity index (χ1) is 16.8. The summed E-state index contributed by atoms with van der Waals surface area (Å²) in [5.41, 5.74) is 8.91. The number of nitrogens with two attached hydrogens (primary N) is 1. The standard InChI is InChI=1S/C24H21Cl2N5O4/c1-3-33-19-6-13(22-17(10-27)23(28)35-24-21(22)12(2)30-31-24)4-5-18(19)34-11-20(32)29-16-8-14(25)7-15(26)9-16/h4-9,22H,3,11,28H2,1-2H3,(H,29,32)(H,30,31). The maximum absolute atomic E-state index is 12.4. The number of aryl methyl sites for hydroxylation is 1. The topological polar surface area (TPSA) is 135 Å². The summed E-state index contributed by atoms with van der Waals surface area (Å²) in [5.74, 6) is 0.176. The number of benzene rings is 2. The number of carbonyl (C=O) groups excluding carboxylic acids is 1. The molecule has 0 aliphatic carbocycles. The molecule has 0 bridgehead atoms. The minimum Gasteiger partial charge on any atom is -0.490 e. The quantitative estimate of drug-likeness (QED) is 0.417. The second-order valence-electron chi connectivity index (χ2n) is 7.63. The van der Waals surface area contributed by atoms with Gasteiger partial charge >= 0.3 is 0 Å². The first kappa shape index (κ1) is 24.3. The number of carbonyl (C=O) groups is 1. The summed E-state index contributed by atoms with van der Waals surface area (Å²) in [4.78, 5) is 12.4. The number of ether oxygens (including phenoxy) is 3. The maximum atomic E-state index is 12.4. The van der Waals surface area contributed by atoms with E-state index in [9.17, 15) is 10.1 Å². The van der Waals surface area contributed by atoms with Crippen molar-refractivity contribution >= 4 is 34.8 Å². The Balaban J connectivity index is 1.58. The van der Waals surface area contributed by atoms with E-state index in [-0.39, 0.29) is 18.1 Å². The maximum Gasteiger partial charge on any atom is 0.262 e. The van der Waals surface area contributed by atoms with E-state index >= 15 is 0 Å². The third kappa shape index (κ3) is 5.14. The zero-order valence-electron chi connectivity index (χ0n) is 18.8. The number of nitrogens with one attached hydrogen (secondary N) is 2. The molecule has 2 aromatic carbocycles. The fourth-order valence-electron chi connectivity index (χ4n) is 3.79. The number of aromatic nitrogens is 2. The van der Waals surface area contributed by atoms with Gasteiger partial charge in [-0.3, -0.25) is 9.89 Å². The largest absolute Gasteiger partial charge is 0.490 e. The molecule has 35 heavy (non-hydrogen) atoms. The van der Waals surface area contributed by atoms with E-state index in [0.717, 1.165) is 11.3 Å². The van der Waals surface area contributed by atoms with Crippen molar-refractivity contribution in [1.29, 1.82) is 5.26 Å². The summed E-state index contributed by atoms with van der Waals surface area (Å²) in [5, 5.41) is 20.3. The molecule has 1 amide bonds. The highest BCUT2D eigenvalue weighted by Crippen LogP contribution is 2.44. The molecule has 3 aromatic rings. The lowest BCUT2D eigenvalue weighted by atomic mass is 9.84. The number of nitriles is 1. The van der Waals surface area contributed by atoms with E-state index in [1.54, 1.807) is 36.4 Å². The van der Waals surface area contributed by atoms with E-state index in [1.165, 1.54) is 0 Å². The molecular formula is C24H21Cl2N5O4. The number of amides is 1. The monoisotopic (exact) mass is 513 g/mol. The van der Waals surface area contributed by atoms with Crippen LogP contribution in [0.4, 0.5) is 5.69 Å². The number of hydrogen-bond acceptors (Lipinski definition) is 7. The van der Waals surface area contributed by atoms with Gasteiger partial charge in [-0.15, -0.1) is 5.10 Å². The molecule has 0 fully saturated rings. The van der Waals surface area contributed by atoms with Crippen LogP contribution in [-0.4, -0.2) is 29.3 Å². The zero-order valence-corrected chi connectivity index (χ0v) is 20.3. The lowest BCUT2D eigenvalue weighted by Crippen LogP contribution is -2.21. The van der Waals surface area contributed by atoms with E-state index in [1.807, 2.05) is 13.8 Å². The van der Waals surface area contributed by atoms with Crippen LogP contribution in [0.25, 0.3) is 0 Å². The number of fused-ring (bicyclic) bond motifs is 1. The van der Waals surface area contributed by atoms with Crippen molar-refractivity contribution < 1.29 is 19.0 Å². The molecule has 1 aromatic heterocycles. The number of anilines is 1. The number of hydrogen-bond donors (Lipinski definition) is 3. The molecule has 1 aliphatic rings. The first-order valence-electron chi connectivity index (χ1n) is 10.6. The Labute approximate surface area is 211 Å². The molecule has 0 saturated carbocycles. The van der Waals surface area contributed by atoms with Crippen molar-refractivity contribution in [2.75, 3.05) is 18.5 Å². The van der Waals surface area contributed by atoms with Crippen molar-refractivity contribution in [2.45, 2.75) is 19.8 Å². The minimum absolute atomic E-state index is 0.00687. The SMILES string of the molecule is CCOc1cc(C2C(C#N)=C(N)Oc3n[nH]c(C)c32)ccc1OCC(=O)Nc1cc(Cl)cc(Cl)c1. The van der Waals surface area contributed by atoms with Crippen LogP contribution in [0.5, 0.6) is 17.4 Å². The smallest absolute Gasteiger partial charge is 0.262 e. The predicted octanol–water partition coefficient (Wildman–Crippen LogP) is 4.66. The van der Waals surface area contributed by atoms with Gasteiger partial charge in [-0.05, 0) is 49.7 Å².